The Balaban J connectivity index is 1.60. The van der Waals surface area contributed by atoms with Gasteiger partial charge >= 0.3 is 0 Å². The molecule has 0 saturated carbocycles. The maximum Gasteiger partial charge on any atom is 0.221 e. The number of aromatic amines is 1. The van der Waals surface area contributed by atoms with E-state index in [9.17, 15) is 0 Å². The van der Waals surface area contributed by atoms with Crippen LogP contribution < -0.4 is 0 Å². The number of tetrazole rings is 1. The predicted molar refractivity (Wildman–Crippen MR) is 143 cm³/mol. The number of hydrogen-bond donors (Lipinski definition) is 1. The van der Waals surface area contributed by atoms with Crippen LogP contribution in [0, 0.1) is 5.41 Å². The van der Waals surface area contributed by atoms with Crippen LogP contribution in [-0.4, -0.2) is 48.6 Å². The third kappa shape index (κ3) is 7.08. The average Bonchev–Trinajstić information content (AvgIpc) is 3.55. The molecule has 4 aromatic rings. The van der Waals surface area contributed by atoms with Gasteiger partial charge in [0.15, 0.2) is 0 Å². The monoisotopic (exact) mass is 503 g/mol. The first-order valence-electron chi connectivity index (χ1n) is 13.0. The van der Waals surface area contributed by atoms with Crippen molar-refractivity contribution in [2.75, 3.05) is 13.2 Å². The van der Waals surface area contributed by atoms with E-state index in [1.807, 2.05) is 22.9 Å². The molecule has 0 bridgehead atoms. The molecule has 0 aliphatic rings. The van der Waals surface area contributed by atoms with Crippen LogP contribution in [0.4, 0.5) is 0 Å². The molecule has 0 atom stereocenters. The zero-order valence-corrected chi connectivity index (χ0v) is 22.4. The van der Waals surface area contributed by atoms with E-state index < -0.39 is 6.29 Å². The van der Waals surface area contributed by atoms with Crippen LogP contribution in [-0.2, 0) is 22.4 Å². The minimum Gasteiger partial charge on any atom is -0.346 e. The lowest BCUT2D eigenvalue weighted by atomic mass is 9.96. The molecule has 9 nitrogen and oxygen atoms in total. The van der Waals surface area contributed by atoms with Crippen molar-refractivity contribution in [3.63, 3.8) is 0 Å². The van der Waals surface area contributed by atoms with Crippen molar-refractivity contribution < 1.29 is 9.47 Å². The quantitative estimate of drug-likeness (QED) is 0.250. The van der Waals surface area contributed by atoms with Gasteiger partial charge in [0.25, 0.3) is 0 Å². The Bertz CT molecular complexity index is 1240. The fourth-order valence-corrected chi connectivity index (χ4v) is 4.04. The first-order chi connectivity index (χ1) is 17.9. The predicted octanol–water partition coefficient (Wildman–Crippen LogP) is 5.61. The van der Waals surface area contributed by atoms with Gasteiger partial charge in [-0.3, -0.25) is 0 Å². The summed E-state index contributed by atoms with van der Waals surface area (Å²) in [7, 11) is 0. The highest BCUT2D eigenvalue weighted by molar-refractivity contribution is 5.80. The van der Waals surface area contributed by atoms with Crippen LogP contribution in [0.15, 0.2) is 48.5 Å². The lowest BCUT2D eigenvalue weighted by Gasteiger charge is -2.19. The normalized spacial score (nSPS) is 11.9. The minimum absolute atomic E-state index is 0.0481. The number of ether oxygens (including phenoxy) is 2. The second-order valence-corrected chi connectivity index (χ2v) is 10.3. The molecule has 0 fully saturated rings. The molecule has 0 amide bonds. The molecule has 0 unspecified atom stereocenters. The highest BCUT2D eigenvalue weighted by Crippen LogP contribution is 2.30. The largest absolute Gasteiger partial charge is 0.346 e. The summed E-state index contributed by atoms with van der Waals surface area (Å²) >= 11 is 0. The molecule has 0 aliphatic heterocycles. The van der Waals surface area contributed by atoms with E-state index in [0.717, 1.165) is 47.5 Å². The van der Waals surface area contributed by atoms with Gasteiger partial charge in [0.1, 0.15) is 5.82 Å². The maximum atomic E-state index is 5.96. The topological polar surface area (TPSA) is 104 Å². The molecule has 2 aromatic heterocycles. The van der Waals surface area contributed by atoms with Crippen LogP contribution in [0.5, 0.6) is 0 Å². The Morgan fingerprint density at radius 1 is 0.919 bits per heavy atom. The molecule has 2 heterocycles. The van der Waals surface area contributed by atoms with Crippen molar-refractivity contribution in [3.8, 4) is 22.5 Å². The van der Waals surface area contributed by atoms with E-state index in [4.69, 9.17) is 19.6 Å². The van der Waals surface area contributed by atoms with Crippen molar-refractivity contribution >= 4 is 0 Å². The van der Waals surface area contributed by atoms with Gasteiger partial charge in [0, 0.05) is 31.7 Å². The van der Waals surface area contributed by atoms with E-state index in [0.29, 0.717) is 31.3 Å². The molecule has 196 valence electrons. The van der Waals surface area contributed by atoms with Crippen LogP contribution in [0.1, 0.15) is 71.0 Å². The van der Waals surface area contributed by atoms with Gasteiger partial charge in [0.2, 0.25) is 17.9 Å². The molecule has 1 N–H and O–H groups in total. The number of hydrogen-bond acceptors (Lipinski definition) is 7. The van der Waals surface area contributed by atoms with E-state index in [-0.39, 0.29) is 5.41 Å². The lowest BCUT2D eigenvalue weighted by molar-refractivity contribution is -0.151. The summed E-state index contributed by atoms with van der Waals surface area (Å²) in [4.78, 5) is 4.90. The third-order valence-corrected chi connectivity index (χ3v) is 5.69. The molecule has 0 spiro atoms. The Labute approximate surface area is 218 Å². The first kappa shape index (κ1) is 26.6. The van der Waals surface area contributed by atoms with Crippen molar-refractivity contribution in [1.82, 2.24) is 35.4 Å². The van der Waals surface area contributed by atoms with Crippen molar-refractivity contribution in [2.45, 2.75) is 66.7 Å². The zero-order chi connectivity index (χ0) is 26.3. The molecule has 0 radical (unpaired) electrons. The van der Waals surface area contributed by atoms with Crippen molar-refractivity contribution in [2.24, 2.45) is 5.41 Å². The van der Waals surface area contributed by atoms with Gasteiger partial charge in [0.05, 0.1) is 0 Å². The summed E-state index contributed by atoms with van der Waals surface area (Å²) in [5.74, 6) is 2.06. The maximum absolute atomic E-state index is 5.96. The summed E-state index contributed by atoms with van der Waals surface area (Å²) < 4.78 is 13.9. The van der Waals surface area contributed by atoms with Gasteiger partial charge in [-0.05, 0) is 40.2 Å². The minimum atomic E-state index is -0.552. The summed E-state index contributed by atoms with van der Waals surface area (Å²) in [6.07, 6.45) is 1.92. The van der Waals surface area contributed by atoms with Crippen LogP contribution in [0.2, 0.25) is 0 Å². The van der Waals surface area contributed by atoms with E-state index in [2.05, 4.69) is 85.6 Å². The highest BCUT2D eigenvalue weighted by atomic mass is 16.7. The number of benzene rings is 2. The number of rotatable bonds is 12. The lowest BCUT2D eigenvalue weighted by Crippen LogP contribution is -2.19. The Kier molecular flexibility index (Phi) is 8.78. The number of nitrogens with one attached hydrogen (secondary N) is 1. The second-order valence-electron chi connectivity index (χ2n) is 10.3. The van der Waals surface area contributed by atoms with E-state index in [1.54, 1.807) is 0 Å². The molecular weight excluding hydrogens is 466 g/mol. The first-order valence-corrected chi connectivity index (χ1v) is 13.0. The average molecular weight is 504 g/mol. The van der Waals surface area contributed by atoms with Crippen LogP contribution >= 0.6 is 0 Å². The number of nitrogens with zero attached hydrogens (tertiary/aromatic N) is 6. The SMILES string of the molecule is CCCOC(OCCC)c1nc(Cc2ccc(-c3ccccc3-c3nn[nH]n3)cc2)n(CC(C)(C)C)n1. The van der Waals surface area contributed by atoms with Gasteiger partial charge in [-0.2, -0.15) is 10.3 Å². The highest BCUT2D eigenvalue weighted by Gasteiger charge is 2.23. The number of H-pyrrole nitrogens is 1. The third-order valence-electron chi connectivity index (χ3n) is 5.69. The van der Waals surface area contributed by atoms with Gasteiger partial charge in [-0.1, -0.05) is 83.1 Å². The fourth-order valence-electron chi connectivity index (χ4n) is 4.04. The van der Waals surface area contributed by atoms with E-state index >= 15 is 0 Å². The molecule has 37 heavy (non-hydrogen) atoms. The standard InChI is InChI=1S/C28H37N7O2/c1-6-16-36-27(37-17-7-2)26-29-24(35(32-26)19-28(3,4)5)18-20-12-14-21(15-13-20)22-10-8-9-11-23(22)25-30-33-34-31-25/h8-15,27H,6-7,16-19H2,1-5H3,(H,30,31,33,34). The van der Waals surface area contributed by atoms with Crippen molar-refractivity contribution in [3.05, 3.63) is 65.7 Å². The molecular formula is C28H37N7O2. The van der Waals surface area contributed by atoms with Gasteiger partial charge < -0.3 is 9.47 Å². The second kappa shape index (κ2) is 12.2. The van der Waals surface area contributed by atoms with Crippen molar-refractivity contribution in [1.29, 1.82) is 0 Å². The molecule has 0 aliphatic carbocycles. The van der Waals surface area contributed by atoms with Crippen LogP contribution in [0.3, 0.4) is 0 Å². The van der Waals surface area contributed by atoms with E-state index in [1.165, 1.54) is 0 Å². The molecule has 0 saturated heterocycles. The van der Waals surface area contributed by atoms with Crippen LogP contribution in [0.25, 0.3) is 22.5 Å². The molecule has 2 aromatic carbocycles. The Hall–Kier alpha value is -3.43. The molecule has 9 heteroatoms. The summed E-state index contributed by atoms with van der Waals surface area (Å²) in [5.41, 5.74) is 4.27. The van der Waals surface area contributed by atoms with Gasteiger partial charge in [-0.15, -0.1) is 10.2 Å². The summed E-state index contributed by atoms with van der Waals surface area (Å²) in [6.45, 7) is 12.7. The zero-order valence-electron chi connectivity index (χ0n) is 22.4. The van der Waals surface area contributed by atoms with Gasteiger partial charge in [-0.25, -0.2) is 9.67 Å². The fraction of sp³-hybridized carbons (Fsp3) is 0.464. The Morgan fingerprint density at radius 3 is 2.19 bits per heavy atom. The Morgan fingerprint density at radius 2 is 1.59 bits per heavy atom. The summed E-state index contributed by atoms with van der Waals surface area (Å²) in [5, 5.41) is 19.4. The summed E-state index contributed by atoms with van der Waals surface area (Å²) in [6, 6.07) is 16.6. The molecule has 4 rings (SSSR count). The number of aromatic nitrogens is 7. The smallest absolute Gasteiger partial charge is 0.221 e.